The van der Waals surface area contributed by atoms with Crippen molar-refractivity contribution >= 4 is 30.0 Å². The Bertz CT molecular complexity index is 642. The van der Waals surface area contributed by atoms with Gasteiger partial charge < -0.3 is 21.3 Å². The van der Waals surface area contributed by atoms with E-state index in [1.807, 2.05) is 31.2 Å². The molecule has 3 amide bonds. The summed E-state index contributed by atoms with van der Waals surface area (Å²) in [6.45, 7) is 6.29. The third kappa shape index (κ3) is 6.99. The highest BCUT2D eigenvalue weighted by Crippen LogP contribution is 2.23. The Balaban J connectivity index is 0.00000280. The van der Waals surface area contributed by atoms with E-state index < -0.39 is 0 Å². The van der Waals surface area contributed by atoms with Crippen LogP contribution in [0.3, 0.4) is 0 Å². The minimum absolute atomic E-state index is 0. The molecule has 0 bridgehead atoms. The molecule has 1 aromatic carbocycles. The third-order valence-corrected chi connectivity index (χ3v) is 5.61. The minimum atomic E-state index is -0.155. The van der Waals surface area contributed by atoms with E-state index in [1.54, 1.807) is 0 Å². The van der Waals surface area contributed by atoms with E-state index in [9.17, 15) is 9.59 Å². The van der Waals surface area contributed by atoms with Crippen LogP contribution in [0.25, 0.3) is 0 Å². The fourth-order valence-corrected chi connectivity index (χ4v) is 3.64. The van der Waals surface area contributed by atoms with Gasteiger partial charge in [0.05, 0.1) is 6.04 Å². The maximum Gasteiger partial charge on any atom is 0.319 e. The number of rotatable bonds is 7. The summed E-state index contributed by atoms with van der Waals surface area (Å²) in [5.41, 5.74) is 1.79. The summed E-state index contributed by atoms with van der Waals surface area (Å²) in [6, 6.07) is 7.78. The molecule has 7 heteroatoms. The summed E-state index contributed by atoms with van der Waals surface area (Å²) in [4.78, 5) is 24.2. The number of amides is 3. The highest BCUT2D eigenvalue weighted by atomic mass is 35.5. The lowest BCUT2D eigenvalue weighted by Crippen LogP contribution is -2.36. The van der Waals surface area contributed by atoms with Gasteiger partial charge in [-0.3, -0.25) is 4.79 Å². The number of carbonyl (C=O) groups is 2. The molecule has 1 aliphatic heterocycles. The van der Waals surface area contributed by atoms with Crippen LogP contribution < -0.4 is 21.3 Å². The van der Waals surface area contributed by atoms with Gasteiger partial charge in [0, 0.05) is 18.2 Å². The number of anilines is 1. The van der Waals surface area contributed by atoms with Crippen LogP contribution in [0, 0.1) is 11.8 Å². The number of urea groups is 1. The topological polar surface area (TPSA) is 82.3 Å². The fourth-order valence-electron chi connectivity index (χ4n) is 3.64. The van der Waals surface area contributed by atoms with Crippen molar-refractivity contribution in [2.45, 2.75) is 58.0 Å². The standard InChI is InChI=1S/C21H32N4O2.ClH/c1-14(17-4-3-11-22-13-17)12-20(26)23-15(2)16-5-7-18(8-6-16)24-21(27)25-19-9-10-19;/h5-8,14-15,17,19,22H,3-4,9-13H2,1-2H3,(H,23,26)(H2,24,25,27);1H. The van der Waals surface area contributed by atoms with Gasteiger partial charge in [0.25, 0.3) is 0 Å². The van der Waals surface area contributed by atoms with Gasteiger partial charge in [0.2, 0.25) is 5.91 Å². The molecule has 1 saturated carbocycles. The molecule has 1 heterocycles. The van der Waals surface area contributed by atoms with Gasteiger partial charge in [0.1, 0.15) is 0 Å². The van der Waals surface area contributed by atoms with Crippen molar-refractivity contribution in [2.75, 3.05) is 18.4 Å². The second-order valence-electron chi connectivity index (χ2n) is 8.07. The molecule has 1 aromatic rings. The molecular formula is C21H33ClN4O2. The van der Waals surface area contributed by atoms with Crippen molar-refractivity contribution < 1.29 is 9.59 Å². The van der Waals surface area contributed by atoms with Crippen molar-refractivity contribution in [3.63, 3.8) is 0 Å². The highest BCUT2D eigenvalue weighted by molar-refractivity contribution is 5.89. The maximum absolute atomic E-state index is 12.4. The number of benzene rings is 1. The second-order valence-corrected chi connectivity index (χ2v) is 8.07. The predicted molar refractivity (Wildman–Crippen MR) is 115 cm³/mol. The molecule has 6 nitrogen and oxygen atoms in total. The number of carbonyl (C=O) groups excluding carboxylic acids is 2. The van der Waals surface area contributed by atoms with Gasteiger partial charge in [-0.1, -0.05) is 19.1 Å². The molecule has 28 heavy (non-hydrogen) atoms. The molecular weight excluding hydrogens is 376 g/mol. The second kappa shape index (κ2) is 10.7. The lowest BCUT2D eigenvalue weighted by atomic mass is 9.85. The molecule has 0 aromatic heterocycles. The number of piperidine rings is 1. The van der Waals surface area contributed by atoms with E-state index in [4.69, 9.17) is 0 Å². The largest absolute Gasteiger partial charge is 0.350 e. The van der Waals surface area contributed by atoms with Crippen molar-refractivity contribution in [1.29, 1.82) is 0 Å². The van der Waals surface area contributed by atoms with Gasteiger partial charge >= 0.3 is 6.03 Å². The first-order valence-electron chi connectivity index (χ1n) is 10.2. The molecule has 1 aliphatic carbocycles. The van der Waals surface area contributed by atoms with Crippen molar-refractivity contribution in [1.82, 2.24) is 16.0 Å². The van der Waals surface area contributed by atoms with E-state index in [0.717, 1.165) is 37.2 Å². The smallest absolute Gasteiger partial charge is 0.319 e. The van der Waals surface area contributed by atoms with E-state index in [1.165, 1.54) is 12.8 Å². The van der Waals surface area contributed by atoms with Gasteiger partial charge in [-0.15, -0.1) is 12.4 Å². The number of halogens is 1. The Kier molecular flexibility index (Phi) is 8.58. The molecule has 1 saturated heterocycles. The van der Waals surface area contributed by atoms with Crippen LogP contribution in [0.2, 0.25) is 0 Å². The number of hydrogen-bond donors (Lipinski definition) is 4. The Labute approximate surface area is 174 Å². The molecule has 0 radical (unpaired) electrons. The monoisotopic (exact) mass is 408 g/mol. The van der Waals surface area contributed by atoms with Crippen molar-refractivity contribution in [3.8, 4) is 0 Å². The normalized spacial score (nSPS) is 21.0. The zero-order valence-corrected chi connectivity index (χ0v) is 17.6. The first-order chi connectivity index (χ1) is 13.0. The Morgan fingerprint density at radius 3 is 2.46 bits per heavy atom. The van der Waals surface area contributed by atoms with Crippen molar-refractivity contribution in [2.24, 2.45) is 11.8 Å². The first kappa shape index (κ1) is 22.5. The third-order valence-electron chi connectivity index (χ3n) is 5.61. The molecule has 0 spiro atoms. The number of nitrogens with one attached hydrogen (secondary N) is 4. The minimum Gasteiger partial charge on any atom is -0.350 e. The average Bonchev–Trinajstić information content (AvgIpc) is 3.46. The van der Waals surface area contributed by atoms with Crippen LogP contribution in [-0.2, 0) is 4.79 Å². The van der Waals surface area contributed by atoms with E-state index >= 15 is 0 Å². The van der Waals surface area contributed by atoms with E-state index in [2.05, 4.69) is 28.2 Å². The van der Waals surface area contributed by atoms with Crippen LogP contribution in [0.4, 0.5) is 10.5 Å². The summed E-state index contributed by atoms with van der Waals surface area (Å²) < 4.78 is 0. The van der Waals surface area contributed by atoms with Crippen LogP contribution >= 0.6 is 12.4 Å². The summed E-state index contributed by atoms with van der Waals surface area (Å²) in [5.74, 6) is 1.08. The first-order valence-corrected chi connectivity index (χ1v) is 10.2. The van der Waals surface area contributed by atoms with Crippen LogP contribution in [0.5, 0.6) is 0 Å². The fraction of sp³-hybridized carbons (Fsp3) is 0.619. The SMILES string of the molecule is CC(NC(=O)CC(C)C1CCCNC1)c1ccc(NC(=O)NC2CC2)cc1.Cl. The van der Waals surface area contributed by atoms with E-state index in [0.29, 0.717) is 24.3 Å². The summed E-state index contributed by atoms with van der Waals surface area (Å²) >= 11 is 0. The van der Waals surface area contributed by atoms with Gasteiger partial charge in [-0.25, -0.2) is 4.79 Å². The highest BCUT2D eigenvalue weighted by Gasteiger charge is 2.24. The lowest BCUT2D eigenvalue weighted by Gasteiger charge is -2.28. The molecule has 3 unspecified atom stereocenters. The average molecular weight is 409 g/mol. The molecule has 3 rings (SSSR count). The van der Waals surface area contributed by atoms with Crippen LogP contribution in [0.1, 0.15) is 57.6 Å². The maximum atomic E-state index is 12.4. The van der Waals surface area contributed by atoms with Crippen LogP contribution in [0.15, 0.2) is 24.3 Å². The molecule has 4 N–H and O–H groups in total. The molecule has 3 atom stereocenters. The summed E-state index contributed by atoms with van der Waals surface area (Å²) in [5, 5.41) is 12.3. The van der Waals surface area contributed by atoms with Gasteiger partial charge in [0.15, 0.2) is 0 Å². The summed E-state index contributed by atoms with van der Waals surface area (Å²) in [7, 11) is 0. The summed E-state index contributed by atoms with van der Waals surface area (Å²) in [6.07, 6.45) is 5.11. The zero-order valence-electron chi connectivity index (χ0n) is 16.8. The quantitative estimate of drug-likeness (QED) is 0.556. The van der Waals surface area contributed by atoms with Gasteiger partial charge in [-0.2, -0.15) is 0 Å². The molecule has 156 valence electrons. The molecule has 2 aliphatic rings. The van der Waals surface area contributed by atoms with Crippen molar-refractivity contribution in [3.05, 3.63) is 29.8 Å². The molecule has 2 fully saturated rings. The predicted octanol–water partition coefficient (Wildman–Crippen LogP) is 3.60. The van der Waals surface area contributed by atoms with Crippen LogP contribution in [-0.4, -0.2) is 31.1 Å². The Morgan fingerprint density at radius 2 is 1.86 bits per heavy atom. The lowest BCUT2D eigenvalue weighted by molar-refractivity contribution is -0.123. The van der Waals surface area contributed by atoms with Gasteiger partial charge in [-0.05, 0) is 75.2 Å². The Morgan fingerprint density at radius 1 is 1.14 bits per heavy atom. The van der Waals surface area contributed by atoms with E-state index in [-0.39, 0.29) is 30.4 Å². The Hall–Kier alpha value is -1.79. The zero-order chi connectivity index (χ0) is 19.2. The number of hydrogen-bond acceptors (Lipinski definition) is 3.